The smallest absolute Gasteiger partial charge is 0.418 e. The van der Waals surface area contributed by atoms with E-state index in [0.717, 1.165) is 18.2 Å². The van der Waals surface area contributed by atoms with Gasteiger partial charge >= 0.3 is 12.1 Å². The Hall–Kier alpha value is -2.51. The van der Waals surface area contributed by atoms with Crippen LogP contribution in [0.5, 0.6) is 0 Å². The van der Waals surface area contributed by atoms with Crippen LogP contribution >= 0.6 is 23.2 Å². The van der Waals surface area contributed by atoms with Crippen LogP contribution in [0.4, 0.5) is 18.9 Å². The first-order valence-corrected chi connectivity index (χ1v) is 8.18. The lowest BCUT2D eigenvalue weighted by molar-refractivity contribution is -0.142. The minimum absolute atomic E-state index is 0.313. The number of hydrogen-bond acceptors (Lipinski definition) is 3. The van der Waals surface area contributed by atoms with Crippen LogP contribution in [0.15, 0.2) is 48.5 Å². The van der Waals surface area contributed by atoms with Gasteiger partial charge in [0.25, 0.3) is 5.91 Å². The molecule has 0 aromatic heterocycles. The summed E-state index contributed by atoms with van der Waals surface area (Å²) in [6.07, 6.45) is -2.23. The second-order valence-corrected chi connectivity index (χ2v) is 6.04. The number of amides is 1. The van der Waals surface area contributed by atoms with Crippen LogP contribution in [-0.4, -0.2) is 18.5 Å². The molecule has 4 nitrogen and oxygen atoms in total. The number of anilines is 1. The third-order valence-corrected chi connectivity index (χ3v) is 3.78. The van der Waals surface area contributed by atoms with E-state index in [1.54, 1.807) is 12.1 Å². The molecular formula is C18H12Cl2F3NO3. The van der Waals surface area contributed by atoms with Gasteiger partial charge in [0.15, 0.2) is 6.61 Å². The van der Waals surface area contributed by atoms with Crippen molar-refractivity contribution in [2.45, 2.75) is 6.18 Å². The molecule has 0 aliphatic heterocycles. The van der Waals surface area contributed by atoms with Gasteiger partial charge in [-0.3, -0.25) is 4.79 Å². The Bertz CT molecular complexity index is 882. The number of ether oxygens (including phenoxy) is 1. The van der Waals surface area contributed by atoms with E-state index >= 15 is 0 Å². The van der Waals surface area contributed by atoms with Gasteiger partial charge in [-0.15, -0.1) is 0 Å². The Morgan fingerprint density at radius 1 is 1.11 bits per heavy atom. The topological polar surface area (TPSA) is 55.4 Å². The summed E-state index contributed by atoms with van der Waals surface area (Å²) in [5.41, 5.74) is -0.918. The molecule has 27 heavy (non-hydrogen) atoms. The highest BCUT2D eigenvalue weighted by molar-refractivity contribution is 6.35. The lowest BCUT2D eigenvalue weighted by Crippen LogP contribution is -2.22. The summed E-state index contributed by atoms with van der Waals surface area (Å²) >= 11 is 11.7. The Kier molecular flexibility index (Phi) is 6.87. The van der Waals surface area contributed by atoms with Gasteiger partial charge in [0.1, 0.15) is 0 Å². The highest BCUT2D eigenvalue weighted by atomic mass is 35.5. The van der Waals surface area contributed by atoms with E-state index in [9.17, 15) is 22.8 Å². The molecule has 2 rings (SSSR count). The van der Waals surface area contributed by atoms with Crippen molar-refractivity contribution in [3.8, 4) is 0 Å². The summed E-state index contributed by atoms with van der Waals surface area (Å²) in [5, 5.41) is 2.80. The molecule has 0 radical (unpaired) electrons. The molecule has 0 saturated carbocycles. The monoisotopic (exact) mass is 417 g/mol. The lowest BCUT2D eigenvalue weighted by atomic mass is 10.1. The molecule has 9 heteroatoms. The molecule has 0 saturated heterocycles. The van der Waals surface area contributed by atoms with E-state index in [4.69, 9.17) is 27.9 Å². The van der Waals surface area contributed by atoms with E-state index in [1.807, 2.05) is 0 Å². The molecule has 0 unspecified atom stereocenters. The third kappa shape index (κ3) is 6.30. The molecule has 0 bridgehead atoms. The van der Waals surface area contributed by atoms with Crippen molar-refractivity contribution in [3.05, 3.63) is 69.7 Å². The predicted octanol–water partition coefficient (Wildman–Crippen LogP) is 5.21. The number of carbonyl (C=O) groups is 2. The number of rotatable bonds is 5. The van der Waals surface area contributed by atoms with Crippen molar-refractivity contribution < 1.29 is 27.5 Å². The maximum atomic E-state index is 12.9. The Balaban J connectivity index is 1.92. The van der Waals surface area contributed by atoms with Gasteiger partial charge < -0.3 is 10.1 Å². The molecular weight excluding hydrogens is 406 g/mol. The van der Waals surface area contributed by atoms with Crippen molar-refractivity contribution in [2.24, 2.45) is 0 Å². The number of para-hydroxylation sites is 1. The predicted molar refractivity (Wildman–Crippen MR) is 96.5 cm³/mol. The van der Waals surface area contributed by atoms with E-state index in [0.29, 0.717) is 15.6 Å². The molecule has 142 valence electrons. The summed E-state index contributed by atoms with van der Waals surface area (Å²) in [6, 6.07) is 9.12. The number of halogens is 5. The largest absolute Gasteiger partial charge is 0.452 e. The maximum Gasteiger partial charge on any atom is 0.418 e. The molecule has 0 fully saturated rings. The molecule has 1 N–H and O–H groups in total. The Morgan fingerprint density at radius 2 is 1.81 bits per heavy atom. The average molecular weight is 418 g/mol. The quantitative estimate of drug-likeness (QED) is 0.536. The van der Waals surface area contributed by atoms with Crippen LogP contribution in [0.3, 0.4) is 0 Å². The maximum absolute atomic E-state index is 12.9. The van der Waals surface area contributed by atoms with Crippen LogP contribution in [0.25, 0.3) is 6.08 Å². The van der Waals surface area contributed by atoms with E-state index in [2.05, 4.69) is 5.32 Å². The molecule has 1 amide bonds. The second-order valence-electron chi connectivity index (χ2n) is 5.20. The number of alkyl halides is 3. The Labute approximate surface area is 162 Å². The first kappa shape index (κ1) is 20.8. The van der Waals surface area contributed by atoms with E-state index in [1.165, 1.54) is 24.3 Å². The van der Waals surface area contributed by atoms with Crippen LogP contribution in [0, 0.1) is 0 Å². The zero-order chi connectivity index (χ0) is 20.0. The van der Waals surface area contributed by atoms with Gasteiger partial charge in [0.05, 0.1) is 11.3 Å². The van der Waals surface area contributed by atoms with Crippen molar-refractivity contribution in [1.82, 2.24) is 0 Å². The number of carbonyl (C=O) groups excluding carboxylic acids is 2. The van der Waals surface area contributed by atoms with E-state index in [-0.39, 0.29) is 0 Å². The average Bonchev–Trinajstić information content (AvgIpc) is 2.59. The molecule has 0 aliphatic carbocycles. The highest BCUT2D eigenvalue weighted by Crippen LogP contribution is 2.34. The normalized spacial score (nSPS) is 11.4. The minimum atomic E-state index is -4.62. The number of benzene rings is 2. The van der Waals surface area contributed by atoms with Crippen molar-refractivity contribution >= 4 is 46.8 Å². The summed E-state index contributed by atoms with van der Waals surface area (Å²) in [5.74, 6) is -1.77. The number of hydrogen-bond donors (Lipinski definition) is 1. The molecule has 2 aromatic rings. The summed E-state index contributed by atoms with van der Waals surface area (Å²) in [7, 11) is 0. The first-order valence-electron chi connectivity index (χ1n) is 7.43. The zero-order valence-electron chi connectivity index (χ0n) is 13.5. The van der Waals surface area contributed by atoms with Crippen LogP contribution in [0.1, 0.15) is 11.1 Å². The minimum Gasteiger partial charge on any atom is -0.452 e. The third-order valence-electron chi connectivity index (χ3n) is 3.21. The lowest BCUT2D eigenvalue weighted by Gasteiger charge is -2.13. The van der Waals surface area contributed by atoms with Gasteiger partial charge in [-0.05, 0) is 35.9 Å². The molecule has 0 aliphatic rings. The van der Waals surface area contributed by atoms with Gasteiger partial charge in [-0.2, -0.15) is 13.2 Å². The molecule has 0 spiro atoms. The van der Waals surface area contributed by atoms with Crippen LogP contribution in [-0.2, 0) is 20.5 Å². The van der Waals surface area contributed by atoms with Gasteiger partial charge in [-0.25, -0.2) is 4.79 Å². The second kappa shape index (κ2) is 8.92. The van der Waals surface area contributed by atoms with Gasteiger partial charge in [-0.1, -0.05) is 41.4 Å². The van der Waals surface area contributed by atoms with Crippen LogP contribution in [0.2, 0.25) is 10.0 Å². The summed E-state index contributed by atoms with van der Waals surface area (Å²) in [4.78, 5) is 23.4. The highest BCUT2D eigenvalue weighted by Gasteiger charge is 2.33. The van der Waals surface area contributed by atoms with Gasteiger partial charge in [0.2, 0.25) is 0 Å². The van der Waals surface area contributed by atoms with E-state index < -0.39 is 35.9 Å². The van der Waals surface area contributed by atoms with Crippen molar-refractivity contribution in [2.75, 3.05) is 11.9 Å². The number of esters is 1. The van der Waals surface area contributed by atoms with Crippen molar-refractivity contribution in [3.63, 3.8) is 0 Å². The number of nitrogens with one attached hydrogen (secondary N) is 1. The molecule has 2 aromatic carbocycles. The SMILES string of the molecule is O=C(COC(=O)/C=C/c1ccc(Cl)cc1Cl)Nc1ccccc1C(F)(F)F. The summed E-state index contributed by atoms with van der Waals surface area (Å²) in [6.45, 7) is -0.746. The fourth-order valence-corrected chi connectivity index (χ4v) is 2.48. The molecule has 0 heterocycles. The first-order chi connectivity index (χ1) is 12.7. The molecule has 0 atom stereocenters. The Morgan fingerprint density at radius 3 is 2.48 bits per heavy atom. The summed E-state index contributed by atoms with van der Waals surface area (Å²) < 4.78 is 43.3. The van der Waals surface area contributed by atoms with Crippen molar-refractivity contribution in [1.29, 1.82) is 0 Å². The fraction of sp³-hybridized carbons (Fsp3) is 0.111. The van der Waals surface area contributed by atoms with Gasteiger partial charge in [0, 0.05) is 16.1 Å². The van der Waals surface area contributed by atoms with Crippen LogP contribution < -0.4 is 5.32 Å². The zero-order valence-corrected chi connectivity index (χ0v) is 15.0. The fourth-order valence-electron chi connectivity index (χ4n) is 2.00. The standard InChI is InChI=1S/C18H12Cl2F3NO3/c19-12-7-5-11(14(20)9-12)6-8-17(26)27-10-16(25)24-15-4-2-1-3-13(15)18(21,22)23/h1-9H,10H2,(H,24,25)/b8-6+.